The minimum atomic E-state index is 0.137. The zero-order chi connectivity index (χ0) is 43.2. The molecule has 1 atom stereocenters. The summed E-state index contributed by atoms with van der Waals surface area (Å²) < 4.78 is 18.8. The number of carbonyl (C=O) groups excluding carboxylic acids is 2. The van der Waals surface area contributed by atoms with E-state index in [-0.39, 0.29) is 5.91 Å². The molecule has 11 nitrogen and oxygen atoms in total. The van der Waals surface area contributed by atoms with Gasteiger partial charge in [0.2, 0.25) is 5.91 Å². The molecule has 0 saturated heterocycles. The van der Waals surface area contributed by atoms with Crippen molar-refractivity contribution >= 4 is 57.8 Å². The monoisotopic (exact) mass is 822 g/mol. The third-order valence-corrected chi connectivity index (χ3v) is 10.1. The summed E-state index contributed by atoms with van der Waals surface area (Å²) in [5.41, 5.74) is 22.1. The molecule has 4 N–H and O–H groups in total. The summed E-state index contributed by atoms with van der Waals surface area (Å²) in [6.07, 6.45) is 12.3. The van der Waals surface area contributed by atoms with E-state index in [9.17, 15) is 4.79 Å². The Morgan fingerprint density at radius 2 is 1.50 bits per heavy atom. The fraction of sp³-hybridized carbons (Fsp3) is 0.522. The lowest BCUT2D eigenvalue weighted by atomic mass is 10.0. The Balaban J connectivity index is 0.000000385. The third kappa shape index (κ3) is 14.9. The number of aromatic nitrogens is 4. The number of halogens is 1. The van der Waals surface area contributed by atoms with Gasteiger partial charge in [-0.3, -0.25) is 18.5 Å². The average Bonchev–Trinajstić information content (AvgIpc) is 3.94. The standard InChI is InChI=1S/C29H34N4.C10H22N2O3.C6H11O.CH3ClO/c1-8-20-18(6)27-14-29-21(9-2)17(5)26(32-29)12-22-15(3)10-24(30-22)19(7)25-11-16(4)23(31-25)13-28(20)33-27;1-3-10(13)12(2)5-7-15-9-8-14-6-4-11;1-3-4-5-6-7-2;1-3-2/h11-15,32-33H,8-10H2,1-7H3;3-9,11H2,1-2H3;4-6H,3H2,1-2H3;1H3/q;;+1;/b;;5-4-;. The van der Waals surface area contributed by atoms with Crippen molar-refractivity contribution in [1.29, 1.82) is 0 Å². The van der Waals surface area contributed by atoms with E-state index in [0.29, 0.717) is 51.9 Å². The number of allylic oxidation sites excluding steroid dienone is 3. The van der Waals surface area contributed by atoms with E-state index in [0.717, 1.165) is 54.0 Å². The smallest absolute Gasteiger partial charge is 0.307 e. The summed E-state index contributed by atoms with van der Waals surface area (Å²) in [5, 5.41) is 0. The minimum Gasteiger partial charge on any atom is -0.378 e. The van der Waals surface area contributed by atoms with Crippen LogP contribution in [0.5, 0.6) is 0 Å². The van der Waals surface area contributed by atoms with Crippen LogP contribution in [0.25, 0.3) is 33.7 Å². The number of carbonyl (C=O) groups is 1. The second-order valence-corrected chi connectivity index (χ2v) is 14.5. The van der Waals surface area contributed by atoms with Crippen LogP contribution in [0.4, 0.5) is 0 Å². The topological polar surface area (TPSA) is 143 Å². The van der Waals surface area contributed by atoms with Crippen LogP contribution in [0.1, 0.15) is 111 Å². The van der Waals surface area contributed by atoms with Crippen molar-refractivity contribution in [2.45, 2.75) is 100 Å². The molecule has 2 aliphatic rings. The fourth-order valence-electron chi connectivity index (χ4n) is 6.64. The van der Waals surface area contributed by atoms with Gasteiger partial charge in [0.05, 0.1) is 56.8 Å². The normalized spacial score (nSPS) is 13.3. The number of aldehydes is 1. The van der Waals surface area contributed by atoms with Gasteiger partial charge in [0.25, 0.3) is 7.11 Å². The molecule has 3 aromatic rings. The Kier molecular flexibility index (Phi) is 23.1. The van der Waals surface area contributed by atoms with E-state index >= 15 is 0 Å². The molecule has 0 aliphatic carbocycles. The van der Waals surface area contributed by atoms with Crippen LogP contribution in [-0.2, 0) is 42.2 Å². The summed E-state index contributed by atoms with van der Waals surface area (Å²) in [7, 11) is 4.81. The number of hydrogen-bond donors (Lipinski definition) is 3. The SMILES string of the molecule is CC/C=C\C=[O+]C.CCC(=O)N(C)CCOCCOCCN.CCc1c(C)c2cc3[nH]c(cc4nc(c(C)c5nc(cc1[nH]2)C(C)=C5)CC4C)c(C)c3CC.COCl. The van der Waals surface area contributed by atoms with E-state index in [1.165, 1.54) is 57.1 Å². The number of hydrogen-bond acceptors (Lipinski definition) is 7. The number of fused-ring (bicyclic) bond motifs is 8. The number of nitrogens with two attached hydrogens (primary N) is 1. The number of H-pyrrole nitrogens is 2. The van der Waals surface area contributed by atoms with Gasteiger partial charge in [-0.2, -0.15) is 0 Å². The molecule has 12 heteroatoms. The van der Waals surface area contributed by atoms with Gasteiger partial charge in [-0.05, 0) is 111 Å². The fourth-order valence-corrected chi connectivity index (χ4v) is 6.64. The molecule has 0 saturated carbocycles. The molecule has 5 rings (SSSR count). The van der Waals surface area contributed by atoms with Gasteiger partial charge >= 0.3 is 6.29 Å². The van der Waals surface area contributed by atoms with Crippen LogP contribution >= 0.6 is 11.9 Å². The van der Waals surface area contributed by atoms with Gasteiger partial charge in [0.15, 0.2) is 0 Å². The van der Waals surface area contributed by atoms with Crippen molar-refractivity contribution in [3.63, 3.8) is 0 Å². The molecule has 8 bridgehead atoms. The maximum atomic E-state index is 11.1. The molecule has 320 valence electrons. The predicted octanol–water partition coefficient (Wildman–Crippen LogP) is 9.22. The molecule has 0 aromatic carbocycles. The van der Waals surface area contributed by atoms with Crippen LogP contribution in [0.2, 0.25) is 0 Å². The molecule has 0 spiro atoms. The van der Waals surface area contributed by atoms with E-state index < -0.39 is 0 Å². The van der Waals surface area contributed by atoms with Crippen molar-refractivity contribution in [2.24, 2.45) is 5.73 Å². The number of nitrogens with zero attached hydrogens (tertiary/aromatic N) is 3. The van der Waals surface area contributed by atoms with E-state index in [2.05, 4.69) is 110 Å². The first kappa shape index (κ1) is 50.0. The second-order valence-electron chi connectivity index (χ2n) is 14.2. The van der Waals surface area contributed by atoms with Crippen molar-refractivity contribution in [1.82, 2.24) is 24.8 Å². The number of likely N-dealkylation sites (N-methyl/N-ethyl adjacent to an activating group) is 1. The maximum Gasteiger partial charge on any atom is 0.307 e. The molecule has 58 heavy (non-hydrogen) atoms. The lowest BCUT2D eigenvalue weighted by molar-refractivity contribution is -0.413. The minimum absolute atomic E-state index is 0.137. The molecular weight excluding hydrogens is 752 g/mol. The van der Waals surface area contributed by atoms with Gasteiger partial charge in [-0.15, -0.1) is 0 Å². The highest BCUT2D eigenvalue weighted by Gasteiger charge is 2.20. The van der Waals surface area contributed by atoms with E-state index in [4.69, 9.17) is 25.2 Å². The summed E-state index contributed by atoms with van der Waals surface area (Å²) >= 11 is 4.50. The van der Waals surface area contributed by atoms with Crippen LogP contribution < -0.4 is 5.73 Å². The van der Waals surface area contributed by atoms with Crippen LogP contribution in [0.15, 0.2) is 30.4 Å². The average molecular weight is 823 g/mol. The first-order valence-electron chi connectivity index (χ1n) is 20.5. The third-order valence-electron chi connectivity index (χ3n) is 10.1. The molecule has 3 aromatic heterocycles. The molecule has 5 heterocycles. The number of aryl methyl sites for hydroxylation is 4. The first-order chi connectivity index (χ1) is 27.8. The van der Waals surface area contributed by atoms with Crippen molar-refractivity contribution in [3.8, 4) is 0 Å². The molecule has 0 radical (unpaired) electrons. The van der Waals surface area contributed by atoms with Crippen molar-refractivity contribution in [3.05, 3.63) is 80.9 Å². The Hall–Kier alpha value is -4.13. The first-order valence-corrected chi connectivity index (χ1v) is 20.8. The summed E-state index contributed by atoms with van der Waals surface area (Å²) in [6, 6.07) is 6.76. The Morgan fingerprint density at radius 3 is 2.05 bits per heavy atom. The van der Waals surface area contributed by atoms with E-state index in [1.54, 1.807) is 25.3 Å². The van der Waals surface area contributed by atoms with Crippen LogP contribution in [-0.4, -0.2) is 97.8 Å². The van der Waals surface area contributed by atoms with Crippen molar-refractivity contribution < 1.29 is 23.0 Å². The van der Waals surface area contributed by atoms with Gasteiger partial charge in [-0.25, -0.2) is 4.98 Å². The number of ether oxygens (including phenoxy) is 2. The molecule has 1 amide bonds. The predicted molar refractivity (Wildman–Crippen MR) is 243 cm³/mol. The maximum absolute atomic E-state index is 11.1. The summed E-state index contributed by atoms with van der Waals surface area (Å²) in [6.45, 7) is 22.8. The molecule has 1 unspecified atom stereocenters. The van der Waals surface area contributed by atoms with Gasteiger partial charge in [0.1, 0.15) is 0 Å². The largest absolute Gasteiger partial charge is 0.378 e. The highest BCUT2D eigenvalue weighted by molar-refractivity contribution is 6.07. The number of rotatable bonds is 13. The lowest BCUT2D eigenvalue weighted by Gasteiger charge is -2.15. The molecular formula is C46H70ClN6O5+. The lowest BCUT2D eigenvalue weighted by Crippen LogP contribution is -2.29. The van der Waals surface area contributed by atoms with Crippen LogP contribution in [0, 0.1) is 20.8 Å². The molecule has 2 aliphatic heterocycles. The number of nitrogens with one attached hydrogen (secondary N) is 2. The molecule has 0 fully saturated rings. The van der Waals surface area contributed by atoms with Gasteiger partial charge in [-0.1, -0.05) is 40.7 Å². The number of amides is 1. The summed E-state index contributed by atoms with van der Waals surface area (Å²) in [5.74, 6) is 0.533. The summed E-state index contributed by atoms with van der Waals surface area (Å²) in [4.78, 5) is 30.4. The van der Waals surface area contributed by atoms with Gasteiger partial charge in [0, 0.05) is 72.0 Å². The zero-order valence-electron chi connectivity index (χ0n) is 37.2. The number of aromatic amines is 2. The second kappa shape index (κ2) is 26.8. The van der Waals surface area contributed by atoms with Crippen molar-refractivity contribution in [2.75, 3.05) is 60.8 Å². The zero-order valence-corrected chi connectivity index (χ0v) is 38.0. The Morgan fingerprint density at radius 1 is 0.914 bits per heavy atom. The van der Waals surface area contributed by atoms with Gasteiger partial charge < -0.3 is 30.1 Å². The Labute approximate surface area is 352 Å². The van der Waals surface area contributed by atoms with E-state index in [1.807, 2.05) is 19.1 Å². The quantitative estimate of drug-likeness (QED) is 0.0676. The highest BCUT2D eigenvalue weighted by Crippen LogP contribution is 2.31. The Bertz CT molecular complexity index is 2000. The van der Waals surface area contributed by atoms with Crippen LogP contribution in [0.3, 0.4) is 0 Å². The highest BCUT2D eigenvalue weighted by atomic mass is 35.5.